The third-order valence-corrected chi connectivity index (χ3v) is 4.40. The van der Waals surface area contributed by atoms with Crippen LogP contribution in [-0.2, 0) is 4.79 Å². The van der Waals surface area contributed by atoms with Gasteiger partial charge in [-0.25, -0.2) is 0 Å². The minimum Gasteiger partial charge on any atom is -0.339 e. The van der Waals surface area contributed by atoms with E-state index in [4.69, 9.17) is 0 Å². The van der Waals surface area contributed by atoms with Gasteiger partial charge in [0.2, 0.25) is 5.91 Å². The Morgan fingerprint density at radius 1 is 1.26 bits per heavy atom. The van der Waals surface area contributed by atoms with Crippen LogP contribution in [0.1, 0.15) is 31.0 Å². The van der Waals surface area contributed by atoms with Crippen molar-refractivity contribution in [2.75, 3.05) is 20.1 Å². The van der Waals surface area contributed by atoms with Crippen LogP contribution < -0.4 is 5.32 Å². The predicted octanol–water partition coefficient (Wildman–Crippen LogP) is 2.37. The number of carbonyl (C=O) groups is 1. The van der Waals surface area contributed by atoms with E-state index in [1.54, 1.807) is 0 Å². The number of nitrogens with one attached hydrogen (secondary N) is 1. The number of benzene rings is 1. The highest BCUT2D eigenvalue weighted by molar-refractivity contribution is 5.79. The van der Waals surface area contributed by atoms with Crippen LogP contribution in [0.15, 0.2) is 24.3 Å². The molecule has 1 aromatic carbocycles. The SMILES string of the molecule is Cc1ccc(C(C)N(C)C(=O)C(C)C2CNC2)cc1. The maximum Gasteiger partial charge on any atom is 0.226 e. The van der Waals surface area contributed by atoms with Crippen LogP contribution >= 0.6 is 0 Å². The molecule has 2 rings (SSSR count). The maximum absolute atomic E-state index is 12.5. The van der Waals surface area contributed by atoms with Gasteiger partial charge in [-0.3, -0.25) is 4.79 Å². The van der Waals surface area contributed by atoms with E-state index >= 15 is 0 Å². The number of rotatable bonds is 4. The van der Waals surface area contributed by atoms with Crippen molar-refractivity contribution < 1.29 is 4.79 Å². The number of aryl methyl sites for hydroxylation is 1. The van der Waals surface area contributed by atoms with E-state index in [1.165, 1.54) is 11.1 Å². The molecule has 0 bridgehead atoms. The van der Waals surface area contributed by atoms with E-state index in [9.17, 15) is 4.79 Å². The monoisotopic (exact) mass is 260 g/mol. The van der Waals surface area contributed by atoms with E-state index in [1.807, 2.05) is 18.9 Å². The largest absolute Gasteiger partial charge is 0.339 e. The smallest absolute Gasteiger partial charge is 0.226 e. The first kappa shape index (κ1) is 14.1. The molecule has 1 aliphatic heterocycles. The van der Waals surface area contributed by atoms with Gasteiger partial charge in [0.05, 0.1) is 6.04 Å². The first-order valence-corrected chi connectivity index (χ1v) is 7.04. The van der Waals surface area contributed by atoms with E-state index < -0.39 is 0 Å². The van der Waals surface area contributed by atoms with Crippen molar-refractivity contribution in [2.45, 2.75) is 26.8 Å². The Kier molecular flexibility index (Phi) is 4.25. The summed E-state index contributed by atoms with van der Waals surface area (Å²) in [4.78, 5) is 14.3. The fraction of sp³-hybridized carbons (Fsp3) is 0.562. The fourth-order valence-corrected chi connectivity index (χ4v) is 2.45. The fourth-order valence-electron chi connectivity index (χ4n) is 2.45. The Bertz CT molecular complexity index is 437. The van der Waals surface area contributed by atoms with Crippen molar-refractivity contribution in [3.05, 3.63) is 35.4 Å². The number of hydrogen-bond acceptors (Lipinski definition) is 2. The average molecular weight is 260 g/mol. The van der Waals surface area contributed by atoms with Crippen LogP contribution in [0.5, 0.6) is 0 Å². The third kappa shape index (κ3) is 2.98. The summed E-state index contributed by atoms with van der Waals surface area (Å²) in [6, 6.07) is 8.55. The number of hydrogen-bond donors (Lipinski definition) is 1. The zero-order valence-corrected chi connectivity index (χ0v) is 12.3. The standard InChI is InChI=1S/C16H24N2O/c1-11-5-7-14(8-6-11)13(3)18(4)16(19)12(2)15-9-17-10-15/h5-8,12-13,15,17H,9-10H2,1-4H3. The molecule has 0 radical (unpaired) electrons. The van der Waals surface area contributed by atoms with Gasteiger partial charge in [0.1, 0.15) is 0 Å². The zero-order chi connectivity index (χ0) is 14.0. The van der Waals surface area contributed by atoms with Crippen molar-refractivity contribution in [3.8, 4) is 0 Å². The van der Waals surface area contributed by atoms with Gasteiger partial charge in [0.15, 0.2) is 0 Å². The quantitative estimate of drug-likeness (QED) is 0.901. The lowest BCUT2D eigenvalue weighted by molar-refractivity contribution is -0.138. The van der Waals surface area contributed by atoms with Gasteiger partial charge in [-0.1, -0.05) is 36.8 Å². The topological polar surface area (TPSA) is 32.3 Å². The molecule has 0 aliphatic carbocycles. The molecule has 1 amide bonds. The van der Waals surface area contributed by atoms with Crippen LogP contribution in [0, 0.1) is 18.8 Å². The van der Waals surface area contributed by atoms with E-state index in [0.29, 0.717) is 5.92 Å². The number of amides is 1. The maximum atomic E-state index is 12.5. The minimum atomic E-state index is 0.110. The molecule has 1 aliphatic rings. The van der Waals surface area contributed by atoms with Crippen LogP contribution in [-0.4, -0.2) is 30.9 Å². The Morgan fingerprint density at radius 3 is 2.32 bits per heavy atom. The van der Waals surface area contributed by atoms with Crippen molar-refractivity contribution in [2.24, 2.45) is 11.8 Å². The second-order valence-electron chi connectivity index (χ2n) is 5.74. The minimum absolute atomic E-state index is 0.110. The summed E-state index contributed by atoms with van der Waals surface area (Å²) in [5.74, 6) is 0.860. The van der Waals surface area contributed by atoms with Crippen molar-refractivity contribution in [3.63, 3.8) is 0 Å². The summed E-state index contributed by atoms with van der Waals surface area (Å²) in [6.07, 6.45) is 0. The molecule has 2 unspecified atom stereocenters. The van der Waals surface area contributed by atoms with Crippen LogP contribution in [0.2, 0.25) is 0 Å². The van der Waals surface area contributed by atoms with Gasteiger partial charge in [-0.15, -0.1) is 0 Å². The van der Waals surface area contributed by atoms with E-state index in [0.717, 1.165) is 13.1 Å². The van der Waals surface area contributed by atoms with Gasteiger partial charge in [0, 0.05) is 13.0 Å². The molecular weight excluding hydrogens is 236 g/mol. The molecule has 1 saturated heterocycles. The first-order chi connectivity index (χ1) is 9.00. The molecule has 3 nitrogen and oxygen atoms in total. The van der Waals surface area contributed by atoms with Crippen LogP contribution in [0.4, 0.5) is 0 Å². The second kappa shape index (κ2) is 5.74. The van der Waals surface area contributed by atoms with Gasteiger partial charge >= 0.3 is 0 Å². The first-order valence-electron chi connectivity index (χ1n) is 7.04. The van der Waals surface area contributed by atoms with Crippen molar-refractivity contribution in [1.29, 1.82) is 0 Å². The summed E-state index contributed by atoms with van der Waals surface area (Å²) in [7, 11) is 1.91. The molecule has 2 atom stereocenters. The average Bonchev–Trinajstić information content (AvgIpc) is 2.35. The molecule has 1 aromatic rings. The van der Waals surface area contributed by atoms with Crippen LogP contribution in [0.25, 0.3) is 0 Å². The van der Waals surface area contributed by atoms with E-state index in [-0.39, 0.29) is 17.9 Å². The second-order valence-corrected chi connectivity index (χ2v) is 5.74. The predicted molar refractivity (Wildman–Crippen MR) is 77.9 cm³/mol. The number of carbonyl (C=O) groups excluding carboxylic acids is 1. The molecular formula is C16H24N2O. The lowest BCUT2D eigenvalue weighted by Crippen LogP contribution is -2.50. The molecule has 1 heterocycles. The third-order valence-electron chi connectivity index (χ3n) is 4.40. The Labute approximate surface area is 116 Å². The summed E-state index contributed by atoms with van der Waals surface area (Å²) in [5, 5.41) is 3.23. The summed E-state index contributed by atoms with van der Waals surface area (Å²) in [6.45, 7) is 8.16. The number of nitrogens with zero attached hydrogens (tertiary/aromatic N) is 1. The van der Waals surface area contributed by atoms with Gasteiger partial charge < -0.3 is 10.2 Å². The molecule has 1 fully saturated rings. The summed E-state index contributed by atoms with van der Waals surface area (Å²) >= 11 is 0. The van der Waals surface area contributed by atoms with E-state index in [2.05, 4.69) is 43.4 Å². The van der Waals surface area contributed by atoms with Crippen molar-refractivity contribution >= 4 is 5.91 Å². The Hall–Kier alpha value is -1.35. The Morgan fingerprint density at radius 2 is 1.84 bits per heavy atom. The highest BCUT2D eigenvalue weighted by Gasteiger charge is 2.31. The van der Waals surface area contributed by atoms with Crippen LogP contribution in [0.3, 0.4) is 0 Å². The molecule has 1 N–H and O–H groups in total. The molecule has 19 heavy (non-hydrogen) atoms. The summed E-state index contributed by atoms with van der Waals surface area (Å²) in [5.41, 5.74) is 2.44. The normalized spacial score (nSPS) is 18.5. The van der Waals surface area contributed by atoms with Gasteiger partial charge in [-0.05, 0) is 38.4 Å². The van der Waals surface area contributed by atoms with Crippen molar-refractivity contribution in [1.82, 2.24) is 10.2 Å². The highest BCUT2D eigenvalue weighted by Crippen LogP contribution is 2.24. The molecule has 104 valence electrons. The molecule has 3 heteroatoms. The molecule has 0 spiro atoms. The lowest BCUT2D eigenvalue weighted by atomic mass is 9.87. The molecule has 0 saturated carbocycles. The molecule has 0 aromatic heterocycles. The Balaban J connectivity index is 2.03. The zero-order valence-electron chi connectivity index (χ0n) is 12.3. The summed E-state index contributed by atoms with van der Waals surface area (Å²) < 4.78 is 0. The highest BCUT2D eigenvalue weighted by atomic mass is 16.2. The lowest BCUT2D eigenvalue weighted by Gasteiger charge is -2.35. The van der Waals surface area contributed by atoms with Gasteiger partial charge in [-0.2, -0.15) is 0 Å². The van der Waals surface area contributed by atoms with Gasteiger partial charge in [0.25, 0.3) is 0 Å².